The molecule has 1 saturated heterocycles. The molecular formula is C18H13N3O4S2. The molecule has 1 aliphatic heterocycles. The number of thiophene rings is 1. The zero-order valence-electron chi connectivity index (χ0n) is 14.0. The number of hydrogen-bond acceptors (Lipinski definition) is 8. The summed E-state index contributed by atoms with van der Waals surface area (Å²) in [6.07, 6.45) is 0. The third-order valence-electron chi connectivity index (χ3n) is 4.18. The minimum Gasteiger partial charge on any atom is -0.507 e. The number of methoxy groups -OCH3 is 1. The van der Waals surface area contributed by atoms with Crippen molar-refractivity contribution in [3.8, 4) is 5.75 Å². The summed E-state index contributed by atoms with van der Waals surface area (Å²) in [7, 11) is 1.54. The van der Waals surface area contributed by atoms with Crippen molar-refractivity contribution in [2.75, 3.05) is 12.0 Å². The predicted octanol–water partition coefficient (Wildman–Crippen LogP) is 3.23. The van der Waals surface area contributed by atoms with Crippen molar-refractivity contribution in [3.05, 3.63) is 63.3 Å². The zero-order valence-corrected chi connectivity index (χ0v) is 15.7. The van der Waals surface area contributed by atoms with Crippen molar-refractivity contribution in [1.29, 1.82) is 0 Å². The van der Waals surface area contributed by atoms with Crippen molar-refractivity contribution in [2.45, 2.75) is 6.04 Å². The maximum atomic E-state index is 12.8. The van der Waals surface area contributed by atoms with Gasteiger partial charge in [0, 0.05) is 10.4 Å². The molecular weight excluding hydrogens is 386 g/mol. The summed E-state index contributed by atoms with van der Waals surface area (Å²) < 4.78 is 5.12. The predicted molar refractivity (Wildman–Crippen MR) is 102 cm³/mol. The van der Waals surface area contributed by atoms with Crippen LogP contribution in [-0.4, -0.2) is 34.1 Å². The van der Waals surface area contributed by atoms with Gasteiger partial charge in [-0.15, -0.1) is 21.5 Å². The molecule has 136 valence electrons. The number of aliphatic hydroxyl groups excluding tert-OH is 1. The van der Waals surface area contributed by atoms with Crippen molar-refractivity contribution in [3.63, 3.8) is 0 Å². The summed E-state index contributed by atoms with van der Waals surface area (Å²) in [5.41, 5.74) is 1.94. The van der Waals surface area contributed by atoms with Gasteiger partial charge in [0.15, 0.2) is 0 Å². The Morgan fingerprint density at radius 3 is 2.56 bits per heavy atom. The van der Waals surface area contributed by atoms with Gasteiger partial charge in [0.25, 0.3) is 5.78 Å². The van der Waals surface area contributed by atoms with E-state index >= 15 is 0 Å². The molecule has 4 rings (SSSR count). The molecule has 1 aliphatic rings. The number of Topliss-reactive ketones (excluding diaryl/α,β-unsaturated/α-hetero) is 1. The minimum atomic E-state index is -0.753. The van der Waals surface area contributed by atoms with Gasteiger partial charge in [0.1, 0.15) is 23.1 Å². The number of aliphatic hydroxyl groups is 1. The van der Waals surface area contributed by atoms with Crippen molar-refractivity contribution < 1.29 is 19.4 Å². The first-order valence-corrected chi connectivity index (χ1v) is 9.62. The van der Waals surface area contributed by atoms with Gasteiger partial charge in [-0.3, -0.25) is 14.5 Å². The van der Waals surface area contributed by atoms with Crippen molar-refractivity contribution in [1.82, 2.24) is 10.2 Å². The van der Waals surface area contributed by atoms with Crippen LogP contribution in [0.5, 0.6) is 5.75 Å². The molecule has 1 unspecified atom stereocenters. The summed E-state index contributed by atoms with van der Waals surface area (Å²) in [4.78, 5) is 27.5. The van der Waals surface area contributed by atoms with Crippen LogP contribution in [0.25, 0.3) is 5.76 Å². The number of ketones is 1. The third-order valence-corrected chi connectivity index (χ3v) is 5.79. The van der Waals surface area contributed by atoms with Crippen LogP contribution in [0.4, 0.5) is 5.13 Å². The molecule has 27 heavy (non-hydrogen) atoms. The molecule has 3 heterocycles. The normalized spacial score (nSPS) is 18.9. The molecule has 0 saturated carbocycles. The summed E-state index contributed by atoms with van der Waals surface area (Å²) >= 11 is 2.55. The highest BCUT2D eigenvalue weighted by atomic mass is 32.1. The number of carbonyl (C=O) groups excluding carboxylic acids is 2. The Bertz CT molecular complexity index is 1010. The van der Waals surface area contributed by atoms with Gasteiger partial charge in [0.05, 0.1) is 12.7 Å². The molecule has 0 radical (unpaired) electrons. The first-order valence-electron chi connectivity index (χ1n) is 7.87. The number of rotatable bonds is 4. The van der Waals surface area contributed by atoms with Crippen LogP contribution in [0.1, 0.15) is 16.5 Å². The highest BCUT2D eigenvalue weighted by molar-refractivity contribution is 7.13. The molecule has 1 aromatic carbocycles. The summed E-state index contributed by atoms with van der Waals surface area (Å²) in [5, 5.41) is 20.7. The molecule has 1 amide bonds. The van der Waals surface area contributed by atoms with Crippen LogP contribution in [0.3, 0.4) is 0 Å². The van der Waals surface area contributed by atoms with E-state index in [1.165, 1.54) is 21.7 Å². The summed E-state index contributed by atoms with van der Waals surface area (Å²) in [5.74, 6) is -1.10. The van der Waals surface area contributed by atoms with Crippen LogP contribution in [0.2, 0.25) is 0 Å². The Kier molecular flexibility index (Phi) is 4.46. The van der Waals surface area contributed by atoms with E-state index in [-0.39, 0.29) is 11.3 Å². The van der Waals surface area contributed by atoms with E-state index in [9.17, 15) is 14.7 Å². The Balaban J connectivity index is 1.88. The highest BCUT2D eigenvalue weighted by Crippen LogP contribution is 2.43. The fraction of sp³-hybridized carbons (Fsp3) is 0.111. The third kappa shape index (κ3) is 2.90. The van der Waals surface area contributed by atoms with Gasteiger partial charge in [-0.1, -0.05) is 17.4 Å². The number of anilines is 1. The number of benzene rings is 1. The fourth-order valence-electron chi connectivity index (χ4n) is 2.92. The average Bonchev–Trinajstić information content (AvgIpc) is 3.43. The number of nitrogens with zero attached hydrogens (tertiary/aromatic N) is 3. The van der Waals surface area contributed by atoms with E-state index in [2.05, 4.69) is 10.2 Å². The van der Waals surface area contributed by atoms with Crippen LogP contribution in [-0.2, 0) is 9.59 Å². The smallest absolute Gasteiger partial charge is 0.301 e. The lowest BCUT2D eigenvalue weighted by Crippen LogP contribution is -2.29. The molecule has 7 nitrogen and oxygen atoms in total. The van der Waals surface area contributed by atoms with E-state index in [1.807, 2.05) is 17.5 Å². The van der Waals surface area contributed by atoms with Crippen LogP contribution < -0.4 is 9.64 Å². The Morgan fingerprint density at radius 2 is 1.96 bits per heavy atom. The second-order valence-corrected chi connectivity index (χ2v) is 7.43. The molecule has 1 atom stereocenters. The zero-order chi connectivity index (χ0) is 19.0. The lowest BCUT2D eigenvalue weighted by atomic mass is 10.00. The second-order valence-electron chi connectivity index (χ2n) is 5.63. The highest BCUT2D eigenvalue weighted by Gasteiger charge is 2.48. The molecule has 3 aromatic rings. The molecule has 0 bridgehead atoms. The van der Waals surface area contributed by atoms with Gasteiger partial charge in [-0.05, 0) is 35.7 Å². The van der Waals surface area contributed by atoms with Crippen molar-refractivity contribution >= 4 is 45.3 Å². The number of hydrogen-bond donors (Lipinski definition) is 1. The van der Waals surface area contributed by atoms with Gasteiger partial charge in [-0.2, -0.15) is 0 Å². The molecule has 0 spiro atoms. The summed E-state index contributed by atoms with van der Waals surface area (Å²) in [6, 6.07) is 9.52. The maximum absolute atomic E-state index is 12.8. The molecule has 9 heteroatoms. The number of amides is 1. The lowest BCUT2D eigenvalue weighted by Gasteiger charge is -2.20. The number of aromatic nitrogens is 2. The van der Waals surface area contributed by atoms with E-state index in [1.54, 1.807) is 31.4 Å². The SMILES string of the molecule is COc1ccc(/C(O)=C2\C(=O)C(=O)N(c3nncs3)C2c2cccs2)cc1. The monoisotopic (exact) mass is 399 g/mol. The van der Waals surface area contributed by atoms with Gasteiger partial charge in [-0.25, -0.2) is 0 Å². The van der Waals surface area contributed by atoms with E-state index in [4.69, 9.17) is 4.74 Å². The first-order chi connectivity index (χ1) is 13.1. The Morgan fingerprint density at radius 1 is 1.19 bits per heavy atom. The molecule has 1 N–H and O–H groups in total. The standard InChI is InChI=1S/C18H13N3O4S2/c1-25-11-6-4-10(5-7-11)15(22)13-14(12-3-2-8-26-12)21(17(24)16(13)23)18-20-19-9-27-18/h2-9,14,22H,1H3/b15-13+. The largest absolute Gasteiger partial charge is 0.507 e. The van der Waals surface area contributed by atoms with Gasteiger partial charge in [0.2, 0.25) is 5.13 Å². The van der Waals surface area contributed by atoms with Crippen LogP contribution in [0, 0.1) is 0 Å². The Labute approximate surface area is 162 Å². The average molecular weight is 399 g/mol. The lowest BCUT2D eigenvalue weighted by molar-refractivity contribution is -0.132. The second kappa shape index (κ2) is 6.93. The molecule has 1 fully saturated rings. The Hall–Kier alpha value is -3.04. The minimum absolute atomic E-state index is 0.0304. The van der Waals surface area contributed by atoms with E-state index < -0.39 is 17.7 Å². The molecule has 0 aliphatic carbocycles. The van der Waals surface area contributed by atoms with Crippen molar-refractivity contribution in [2.24, 2.45) is 0 Å². The molecule has 2 aromatic heterocycles. The quantitative estimate of drug-likeness (QED) is 0.411. The maximum Gasteiger partial charge on any atom is 0.301 e. The topological polar surface area (TPSA) is 92.6 Å². The van der Waals surface area contributed by atoms with Gasteiger partial charge >= 0.3 is 5.91 Å². The number of ether oxygens (including phenoxy) is 1. The van der Waals surface area contributed by atoms with E-state index in [0.29, 0.717) is 16.4 Å². The van der Waals surface area contributed by atoms with Crippen LogP contribution in [0.15, 0.2) is 52.9 Å². The van der Waals surface area contributed by atoms with E-state index in [0.717, 1.165) is 16.2 Å². The summed E-state index contributed by atoms with van der Waals surface area (Å²) in [6.45, 7) is 0. The van der Waals surface area contributed by atoms with Crippen LogP contribution >= 0.6 is 22.7 Å². The number of carbonyl (C=O) groups is 2. The van der Waals surface area contributed by atoms with Gasteiger partial charge < -0.3 is 9.84 Å². The first kappa shape index (κ1) is 17.4. The fourth-order valence-corrected chi connectivity index (χ4v) is 4.33.